The Bertz CT molecular complexity index is 1150. The maximum Gasteiger partial charge on any atom is 0.253 e. The molecular weight excluding hydrogens is 382 g/mol. The van der Waals surface area contributed by atoms with E-state index >= 15 is 0 Å². The Morgan fingerprint density at radius 1 is 1.10 bits per heavy atom. The van der Waals surface area contributed by atoms with Crippen LogP contribution in [-0.4, -0.2) is 18.0 Å². The van der Waals surface area contributed by atoms with Crippen molar-refractivity contribution in [1.29, 1.82) is 0 Å². The number of anilines is 2. The van der Waals surface area contributed by atoms with Crippen molar-refractivity contribution in [3.05, 3.63) is 66.9 Å². The second kappa shape index (κ2) is 6.72. The summed E-state index contributed by atoms with van der Waals surface area (Å²) in [5, 5.41) is 9.22. The van der Waals surface area contributed by atoms with Crippen LogP contribution in [0.5, 0.6) is 0 Å². The summed E-state index contributed by atoms with van der Waals surface area (Å²) in [6.45, 7) is 11.9. The Labute approximate surface area is 174 Å². The van der Waals surface area contributed by atoms with Gasteiger partial charge in [-0.25, -0.2) is 0 Å². The predicted octanol–water partition coefficient (Wildman–Crippen LogP) is 2.86. The van der Waals surface area contributed by atoms with E-state index in [1.165, 1.54) is 0 Å². The van der Waals surface area contributed by atoms with Crippen molar-refractivity contribution in [3.63, 3.8) is 0 Å². The number of aryl methyl sites for hydroxylation is 2. The summed E-state index contributed by atoms with van der Waals surface area (Å²) in [6, 6.07) is 1.15. The van der Waals surface area contributed by atoms with Gasteiger partial charge in [0.1, 0.15) is 22.9 Å². The summed E-state index contributed by atoms with van der Waals surface area (Å²) in [4.78, 5) is 37.0. The lowest BCUT2D eigenvalue weighted by molar-refractivity contribution is -0.117. The van der Waals surface area contributed by atoms with E-state index in [1.54, 1.807) is 0 Å². The molecule has 3 N–H and O–H groups in total. The number of amides is 1. The highest BCUT2D eigenvalue weighted by atomic mass is 16.3. The SMILES string of the molecule is Cc1cc([C@H](Nc2c(NC3C=CC4=C3C(=O)N[C@H]4C)c(=O)c2=O)C(C)(C)C)oc1C. The second-order valence-corrected chi connectivity index (χ2v) is 9.28. The van der Waals surface area contributed by atoms with Gasteiger partial charge in [-0.1, -0.05) is 32.9 Å². The molecule has 7 heteroatoms. The van der Waals surface area contributed by atoms with Crippen molar-refractivity contribution in [1.82, 2.24) is 5.32 Å². The van der Waals surface area contributed by atoms with E-state index in [4.69, 9.17) is 4.42 Å². The minimum atomic E-state index is -0.578. The quantitative estimate of drug-likeness (QED) is 0.657. The third-order valence-electron chi connectivity index (χ3n) is 5.98. The van der Waals surface area contributed by atoms with Crippen LogP contribution in [0, 0.1) is 19.3 Å². The summed E-state index contributed by atoms with van der Waals surface area (Å²) in [7, 11) is 0. The number of hydrogen-bond acceptors (Lipinski definition) is 6. The first-order chi connectivity index (χ1) is 14.0. The third-order valence-corrected chi connectivity index (χ3v) is 5.98. The van der Waals surface area contributed by atoms with Gasteiger partial charge < -0.3 is 20.4 Å². The maximum absolute atomic E-state index is 12.4. The Morgan fingerprint density at radius 2 is 1.77 bits per heavy atom. The van der Waals surface area contributed by atoms with Gasteiger partial charge in [-0.2, -0.15) is 0 Å². The Kier molecular flexibility index (Phi) is 4.52. The van der Waals surface area contributed by atoms with Crippen LogP contribution in [0.4, 0.5) is 11.4 Å². The van der Waals surface area contributed by atoms with E-state index in [2.05, 4.69) is 16.0 Å². The van der Waals surface area contributed by atoms with Crippen LogP contribution in [-0.2, 0) is 4.79 Å². The predicted molar refractivity (Wildman–Crippen MR) is 117 cm³/mol. The van der Waals surface area contributed by atoms with Crippen LogP contribution < -0.4 is 26.8 Å². The zero-order valence-corrected chi connectivity index (χ0v) is 18.1. The van der Waals surface area contributed by atoms with Crippen molar-refractivity contribution in [2.45, 2.75) is 59.7 Å². The molecule has 0 fully saturated rings. The molecule has 4 rings (SSSR count). The van der Waals surface area contributed by atoms with E-state index in [0.717, 1.165) is 16.9 Å². The van der Waals surface area contributed by atoms with Gasteiger partial charge in [0, 0.05) is 5.57 Å². The molecular formula is C23H27N3O4. The first-order valence-electron chi connectivity index (χ1n) is 10.2. The molecule has 2 aliphatic rings. The number of rotatable bonds is 5. The smallest absolute Gasteiger partial charge is 0.253 e. The summed E-state index contributed by atoms with van der Waals surface area (Å²) in [5.74, 6) is 1.38. The van der Waals surface area contributed by atoms with Crippen LogP contribution in [0.2, 0.25) is 0 Å². The lowest BCUT2D eigenvalue weighted by Gasteiger charge is -2.32. The van der Waals surface area contributed by atoms with Crippen molar-refractivity contribution >= 4 is 17.3 Å². The minimum Gasteiger partial charge on any atom is -0.464 e. The number of hydrogen-bond donors (Lipinski definition) is 3. The van der Waals surface area contributed by atoms with E-state index in [1.807, 2.05) is 59.8 Å². The molecule has 3 atom stereocenters. The fourth-order valence-electron chi connectivity index (χ4n) is 4.11. The molecule has 0 radical (unpaired) electrons. The molecule has 2 aromatic rings. The second-order valence-electron chi connectivity index (χ2n) is 9.28. The lowest BCUT2D eigenvalue weighted by atomic mass is 9.84. The standard InChI is InChI=1S/C23H27N3O4/c1-10-9-15(30-12(10)3)21(23(4,5)6)26-18-17(19(27)20(18)28)25-14-8-7-13-11(2)24-22(29)16(13)14/h7-9,11,14,21,25-26H,1-6H3,(H,24,29)/t11-,14?,21-/m0/s1. The Balaban J connectivity index is 1.64. The largest absolute Gasteiger partial charge is 0.464 e. The van der Waals surface area contributed by atoms with Gasteiger partial charge in [0.05, 0.1) is 18.1 Å². The van der Waals surface area contributed by atoms with Crippen molar-refractivity contribution in [2.24, 2.45) is 5.41 Å². The Hall–Kier alpha value is -3.09. The summed E-state index contributed by atoms with van der Waals surface area (Å²) in [5.41, 5.74) is 1.58. The van der Waals surface area contributed by atoms with Crippen LogP contribution in [0.1, 0.15) is 50.8 Å². The van der Waals surface area contributed by atoms with Crippen LogP contribution in [0.3, 0.4) is 0 Å². The molecule has 1 aliphatic carbocycles. The molecule has 0 spiro atoms. The third kappa shape index (κ3) is 3.09. The molecule has 1 aromatic heterocycles. The van der Waals surface area contributed by atoms with Crippen LogP contribution >= 0.6 is 0 Å². The molecule has 0 saturated carbocycles. The van der Waals surface area contributed by atoms with Crippen LogP contribution in [0.25, 0.3) is 0 Å². The summed E-state index contributed by atoms with van der Waals surface area (Å²) >= 11 is 0. The van der Waals surface area contributed by atoms with Gasteiger partial charge in [0.25, 0.3) is 10.9 Å². The average molecular weight is 409 g/mol. The molecule has 0 bridgehead atoms. The van der Waals surface area contributed by atoms with Gasteiger partial charge in [0.2, 0.25) is 5.91 Å². The van der Waals surface area contributed by atoms with Gasteiger partial charge in [-0.3, -0.25) is 14.4 Å². The van der Waals surface area contributed by atoms with E-state index < -0.39 is 16.9 Å². The molecule has 1 aliphatic heterocycles. The maximum atomic E-state index is 12.4. The van der Waals surface area contributed by atoms with Gasteiger partial charge in [0.15, 0.2) is 0 Å². The first kappa shape index (κ1) is 20.2. The number of furan rings is 1. The van der Waals surface area contributed by atoms with E-state index in [9.17, 15) is 14.4 Å². The zero-order chi connectivity index (χ0) is 22.0. The molecule has 1 aromatic carbocycles. The molecule has 158 valence electrons. The monoisotopic (exact) mass is 409 g/mol. The lowest BCUT2D eigenvalue weighted by Crippen LogP contribution is -2.42. The highest BCUT2D eigenvalue weighted by molar-refractivity contribution is 6.01. The van der Waals surface area contributed by atoms with Crippen LogP contribution in [0.15, 0.2) is 43.4 Å². The minimum absolute atomic E-state index is 0.0587. The highest BCUT2D eigenvalue weighted by Crippen LogP contribution is 2.39. The average Bonchev–Trinajstić information content (AvgIpc) is 3.30. The van der Waals surface area contributed by atoms with Crippen molar-refractivity contribution in [3.8, 4) is 0 Å². The Morgan fingerprint density at radius 3 is 2.37 bits per heavy atom. The van der Waals surface area contributed by atoms with Crippen molar-refractivity contribution < 1.29 is 9.21 Å². The number of carbonyl (C=O) groups excluding carboxylic acids is 1. The zero-order valence-electron chi connectivity index (χ0n) is 18.1. The van der Waals surface area contributed by atoms with E-state index in [-0.39, 0.29) is 34.8 Å². The van der Waals surface area contributed by atoms with Crippen molar-refractivity contribution in [2.75, 3.05) is 10.6 Å². The molecule has 1 unspecified atom stereocenters. The van der Waals surface area contributed by atoms with Gasteiger partial charge in [-0.05, 0) is 43.4 Å². The normalized spacial score (nSPS) is 21.9. The van der Waals surface area contributed by atoms with Gasteiger partial charge >= 0.3 is 0 Å². The number of nitrogens with one attached hydrogen (secondary N) is 3. The fraction of sp³-hybridized carbons (Fsp3) is 0.435. The van der Waals surface area contributed by atoms with Gasteiger partial charge in [-0.15, -0.1) is 0 Å². The highest BCUT2D eigenvalue weighted by Gasteiger charge is 2.38. The summed E-state index contributed by atoms with van der Waals surface area (Å²) in [6.07, 6.45) is 3.74. The number of carbonyl (C=O) groups is 1. The molecule has 2 heterocycles. The molecule has 30 heavy (non-hydrogen) atoms. The topological polar surface area (TPSA) is 100 Å². The van der Waals surface area contributed by atoms with E-state index in [0.29, 0.717) is 11.3 Å². The fourth-order valence-corrected chi connectivity index (χ4v) is 4.11. The molecule has 1 amide bonds. The molecule has 0 saturated heterocycles. The first-order valence-corrected chi connectivity index (χ1v) is 10.2. The summed E-state index contributed by atoms with van der Waals surface area (Å²) < 4.78 is 5.91. The molecule has 7 nitrogen and oxygen atoms in total.